The zero-order valence-electron chi connectivity index (χ0n) is 18.7. The maximum Gasteiger partial charge on any atom is 0.251 e. The molecule has 5 aromatic rings. The minimum Gasteiger partial charge on any atom is -0.365 e. The lowest BCUT2D eigenvalue weighted by atomic mass is 9.95. The molecule has 0 fully saturated rings. The van der Waals surface area contributed by atoms with Gasteiger partial charge in [-0.05, 0) is 56.4 Å². The number of hydrogen-bond acceptors (Lipinski definition) is 5. The molecule has 3 aromatic heterocycles. The van der Waals surface area contributed by atoms with Gasteiger partial charge in [-0.15, -0.1) is 11.3 Å². The summed E-state index contributed by atoms with van der Waals surface area (Å²) in [6.07, 6.45) is 3.86. The van der Waals surface area contributed by atoms with Gasteiger partial charge < -0.3 is 15.6 Å². The second-order valence-corrected chi connectivity index (χ2v) is 9.82. The van der Waals surface area contributed by atoms with Crippen molar-refractivity contribution in [3.05, 3.63) is 64.5 Å². The molecule has 1 unspecified atom stereocenters. The third-order valence-corrected chi connectivity index (χ3v) is 7.83. The van der Waals surface area contributed by atoms with Gasteiger partial charge in [0.2, 0.25) is 5.91 Å². The highest BCUT2D eigenvalue weighted by Crippen LogP contribution is 2.39. The molecular formula is C26H23N5O2S. The van der Waals surface area contributed by atoms with Gasteiger partial charge in [-0.1, -0.05) is 30.3 Å². The predicted octanol–water partition coefficient (Wildman–Crippen LogP) is 4.98. The number of nitrogens with zero attached hydrogens (tertiary/aromatic N) is 3. The van der Waals surface area contributed by atoms with Gasteiger partial charge in [-0.25, -0.2) is 9.97 Å². The van der Waals surface area contributed by atoms with Gasteiger partial charge >= 0.3 is 0 Å². The maximum atomic E-state index is 13.5. The Bertz CT molecular complexity index is 1620. The van der Waals surface area contributed by atoms with Crippen LogP contribution in [-0.2, 0) is 17.6 Å². The predicted molar refractivity (Wildman–Crippen MR) is 135 cm³/mol. The van der Waals surface area contributed by atoms with E-state index < -0.39 is 11.9 Å². The molecule has 3 heterocycles. The number of nitrogens with two attached hydrogens (primary N) is 1. The molecule has 0 saturated heterocycles. The highest BCUT2D eigenvalue weighted by atomic mass is 32.1. The van der Waals surface area contributed by atoms with E-state index in [-0.39, 0.29) is 5.91 Å². The molecule has 0 radical (unpaired) electrons. The van der Waals surface area contributed by atoms with Crippen molar-refractivity contribution in [2.24, 2.45) is 5.73 Å². The average molecular weight is 470 g/mol. The Morgan fingerprint density at radius 3 is 2.53 bits per heavy atom. The van der Waals surface area contributed by atoms with Crippen molar-refractivity contribution < 1.29 is 9.59 Å². The Kier molecular flexibility index (Phi) is 4.84. The molecule has 2 amide bonds. The molecule has 0 aliphatic heterocycles. The van der Waals surface area contributed by atoms with Crippen LogP contribution in [0.3, 0.4) is 0 Å². The number of fused-ring (bicyclic) bond motifs is 5. The van der Waals surface area contributed by atoms with Crippen LogP contribution in [0.1, 0.15) is 46.6 Å². The van der Waals surface area contributed by atoms with Gasteiger partial charge in [0.05, 0.1) is 22.1 Å². The number of primary amides is 1. The molecule has 7 nitrogen and oxygen atoms in total. The second-order valence-electron chi connectivity index (χ2n) is 8.72. The number of thiophene rings is 1. The number of carbonyl (C=O) groups is 2. The number of carbonyl (C=O) groups excluding carboxylic acids is 2. The van der Waals surface area contributed by atoms with Gasteiger partial charge in [-0.2, -0.15) is 0 Å². The highest BCUT2D eigenvalue weighted by Gasteiger charge is 2.28. The number of rotatable bonds is 4. The third kappa shape index (κ3) is 3.17. The summed E-state index contributed by atoms with van der Waals surface area (Å²) in [5, 5.41) is 4.51. The van der Waals surface area contributed by atoms with E-state index >= 15 is 0 Å². The number of aromatic nitrogens is 3. The Morgan fingerprint density at radius 2 is 1.74 bits per heavy atom. The van der Waals surface area contributed by atoms with E-state index in [2.05, 4.69) is 5.32 Å². The number of aryl methyl sites for hydroxylation is 1. The first-order valence-electron chi connectivity index (χ1n) is 11.4. The van der Waals surface area contributed by atoms with E-state index in [1.807, 2.05) is 60.0 Å². The Hall–Kier alpha value is -3.78. The van der Waals surface area contributed by atoms with Crippen LogP contribution in [0.5, 0.6) is 0 Å². The van der Waals surface area contributed by atoms with Gasteiger partial charge in [0, 0.05) is 10.3 Å². The number of nitrogens with one attached hydrogen (secondary N) is 1. The average Bonchev–Trinajstić information content (AvgIpc) is 3.37. The van der Waals surface area contributed by atoms with Crippen LogP contribution < -0.4 is 11.1 Å². The number of amides is 2. The lowest BCUT2D eigenvalue weighted by molar-refractivity contribution is -0.118. The first-order chi connectivity index (χ1) is 16.5. The SMILES string of the molecule is CC(C(=O)Nc1sc2c(c1C(N)=O)CCCC2)n1c2ccccc2c2nc3ccccc3nc21. The largest absolute Gasteiger partial charge is 0.365 e. The van der Waals surface area contributed by atoms with Crippen molar-refractivity contribution in [2.45, 2.75) is 38.6 Å². The van der Waals surface area contributed by atoms with Crippen molar-refractivity contribution in [1.82, 2.24) is 14.5 Å². The van der Waals surface area contributed by atoms with E-state index in [1.165, 1.54) is 11.3 Å². The van der Waals surface area contributed by atoms with E-state index in [1.54, 1.807) is 0 Å². The Morgan fingerprint density at radius 1 is 1.03 bits per heavy atom. The Balaban J connectivity index is 1.46. The highest BCUT2D eigenvalue weighted by molar-refractivity contribution is 7.17. The minimum atomic E-state index is -0.585. The summed E-state index contributed by atoms with van der Waals surface area (Å²) >= 11 is 1.47. The zero-order valence-corrected chi connectivity index (χ0v) is 19.5. The molecule has 0 spiro atoms. The van der Waals surface area contributed by atoms with E-state index in [0.717, 1.165) is 63.6 Å². The van der Waals surface area contributed by atoms with Crippen LogP contribution in [0.2, 0.25) is 0 Å². The first-order valence-corrected chi connectivity index (χ1v) is 12.2. The molecular weight excluding hydrogens is 446 g/mol. The van der Waals surface area contributed by atoms with Crippen LogP contribution in [0.25, 0.3) is 33.1 Å². The molecule has 1 aliphatic carbocycles. The summed E-state index contributed by atoms with van der Waals surface area (Å²) in [5.41, 5.74) is 11.1. The van der Waals surface area contributed by atoms with Gasteiger partial charge in [0.15, 0.2) is 5.65 Å². The smallest absolute Gasteiger partial charge is 0.251 e. The Labute approximate surface area is 199 Å². The van der Waals surface area contributed by atoms with E-state index in [4.69, 9.17) is 15.7 Å². The van der Waals surface area contributed by atoms with Crippen molar-refractivity contribution in [1.29, 1.82) is 0 Å². The molecule has 34 heavy (non-hydrogen) atoms. The normalized spacial score (nSPS) is 14.4. The van der Waals surface area contributed by atoms with Crippen molar-refractivity contribution in [2.75, 3.05) is 5.32 Å². The fraction of sp³-hybridized carbons (Fsp3) is 0.231. The summed E-state index contributed by atoms with van der Waals surface area (Å²) in [4.78, 5) is 36.7. The molecule has 0 bridgehead atoms. The van der Waals surface area contributed by atoms with Gasteiger partial charge in [-0.3, -0.25) is 9.59 Å². The van der Waals surface area contributed by atoms with Gasteiger partial charge in [0.1, 0.15) is 16.6 Å². The van der Waals surface area contributed by atoms with Crippen LogP contribution in [-0.4, -0.2) is 26.3 Å². The monoisotopic (exact) mass is 469 g/mol. The second kappa shape index (κ2) is 7.92. The quantitative estimate of drug-likeness (QED) is 0.388. The molecule has 1 aliphatic rings. The topological polar surface area (TPSA) is 103 Å². The first kappa shape index (κ1) is 20.8. The molecule has 8 heteroatoms. The summed E-state index contributed by atoms with van der Waals surface area (Å²) in [6, 6.07) is 15.0. The molecule has 3 N–H and O–H groups in total. The summed E-state index contributed by atoms with van der Waals surface area (Å²) < 4.78 is 1.93. The fourth-order valence-electron chi connectivity index (χ4n) is 4.98. The molecule has 170 valence electrons. The molecule has 6 rings (SSSR count). The van der Waals surface area contributed by atoms with E-state index in [9.17, 15) is 9.59 Å². The van der Waals surface area contributed by atoms with Crippen molar-refractivity contribution >= 4 is 61.3 Å². The lowest BCUT2D eigenvalue weighted by Crippen LogP contribution is -2.25. The standard InChI is InChI=1S/C26H23N5O2S/c1-14(25(33)30-26-21(23(27)32)16-9-3-7-13-20(16)34-26)31-19-12-6-2-8-15(19)22-24(31)29-18-11-5-4-10-17(18)28-22/h2,4-6,8,10-12,14H,3,7,9,13H2,1H3,(H2,27,32)(H,30,33). The molecule has 0 saturated carbocycles. The minimum absolute atomic E-state index is 0.223. The van der Waals surface area contributed by atoms with Crippen LogP contribution in [0, 0.1) is 0 Å². The lowest BCUT2D eigenvalue weighted by Gasteiger charge is -2.16. The number of benzene rings is 2. The third-order valence-electron chi connectivity index (χ3n) is 6.62. The summed E-state index contributed by atoms with van der Waals surface area (Å²) in [6.45, 7) is 1.84. The van der Waals surface area contributed by atoms with Crippen LogP contribution in [0.4, 0.5) is 5.00 Å². The van der Waals surface area contributed by atoms with Crippen LogP contribution in [0.15, 0.2) is 48.5 Å². The zero-order chi connectivity index (χ0) is 23.4. The van der Waals surface area contributed by atoms with Crippen molar-refractivity contribution in [3.8, 4) is 0 Å². The number of para-hydroxylation sites is 3. The fourth-order valence-corrected chi connectivity index (χ4v) is 6.28. The summed E-state index contributed by atoms with van der Waals surface area (Å²) in [7, 11) is 0. The van der Waals surface area contributed by atoms with E-state index in [0.29, 0.717) is 16.2 Å². The van der Waals surface area contributed by atoms with Gasteiger partial charge in [0.25, 0.3) is 5.91 Å². The number of anilines is 1. The van der Waals surface area contributed by atoms with Crippen molar-refractivity contribution in [3.63, 3.8) is 0 Å². The molecule has 1 atom stereocenters. The van der Waals surface area contributed by atoms with Crippen LogP contribution >= 0.6 is 11.3 Å². The molecule has 2 aromatic carbocycles. The maximum absolute atomic E-state index is 13.5. The summed E-state index contributed by atoms with van der Waals surface area (Å²) in [5.74, 6) is -0.713. The number of hydrogen-bond donors (Lipinski definition) is 2.